The predicted molar refractivity (Wildman–Crippen MR) is 109 cm³/mol. The molecule has 3 aromatic rings. The summed E-state index contributed by atoms with van der Waals surface area (Å²) < 4.78 is 13.5. The quantitative estimate of drug-likeness (QED) is 0.708. The molecule has 0 saturated carbocycles. The Morgan fingerprint density at radius 1 is 1.17 bits per heavy atom. The van der Waals surface area contributed by atoms with Gasteiger partial charge in [0.05, 0.1) is 0 Å². The Kier molecular flexibility index (Phi) is 5.35. The van der Waals surface area contributed by atoms with Gasteiger partial charge in [-0.15, -0.1) is 10.2 Å². The number of nitrogens with one attached hydrogen (secondary N) is 1. The summed E-state index contributed by atoms with van der Waals surface area (Å²) in [6.07, 6.45) is 1.26. The number of nitrogens with zero attached hydrogens (tertiary/aromatic N) is 3. The van der Waals surface area contributed by atoms with E-state index in [2.05, 4.69) is 15.5 Å². The third-order valence-electron chi connectivity index (χ3n) is 4.84. The first-order chi connectivity index (χ1) is 14.0. The van der Waals surface area contributed by atoms with E-state index in [1.54, 1.807) is 6.07 Å². The molecule has 0 spiro atoms. The van der Waals surface area contributed by atoms with Gasteiger partial charge in [-0.2, -0.15) is 0 Å². The van der Waals surface area contributed by atoms with Gasteiger partial charge in [-0.25, -0.2) is 4.39 Å². The number of likely N-dealkylation sites (tertiary alicyclic amines) is 1. The van der Waals surface area contributed by atoms with Crippen LogP contribution in [0.25, 0.3) is 10.6 Å². The lowest BCUT2D eigenvalue weighted by Gasteiger charge is -2.23. The van der Waals surface area contributed by atoms with Crippen LogP contribution < -0.4 is 5.32 Å². The van der Waals surface area contributed by atoms with Gasteiger partial charge in [0.2, 0.25) is 11.0 Å². The molecular formula is C21H19FN4O2S. The van der Waals surface area contributed by atoms with Crippen molar-refractivity contribution in [2.75, 3.05) is 11.9 Å². The summed E-state index contributed by atoms with van der Waals surface area (Å²) in [5.41, 5.74) is 2.32. The number of carbonyl (C=O) groups excluding carboxylic acids is 2. The Labute approximate surface area is 171 Å². The average Bonchev–Trinajstić information content (AvgIpc) is 3.38. The summed E-state index contributed by atoms with van der Waals surface area (Å²) in [6.45, 7) is 2.46. The second-order valence-electron chi connectivity index (χ2n) is 6.93. The number of hydrogen-bond acceptors (Lipinski definition) is 5. The van der Waals surface area contributed by atoms with Gasteiger partial charge >= 0.3 is 0 Å². The van der Waals surface area contributed by atoms with Crippen LogP contribution in [0.5, 0.6) is 0 Å². The molecule has 1 aliphatic heterocycles. The largest absolute Gasteiger partial charge is 0.327 e. The fraction of sp³-hybridized carbons (Fsp3) is 0.238. The first-order valence-electron chi connectivity index (χ1n) is 9.29. The third-order valence-corrected chi connectivity index (χ3v) is 5.73. The Morgan fingerprint density at radius 2 is 1.97 bits per heavy atom. The van der Waals surface area contributed by atoms with Crippen molar-refractivity contribution in [1.29, 1.82) is 0 Å². The first-order valence-corrected chi connectivity index (χ1v) is 10.1. The van der Waals surface area contributed by atoms with Crippen LogP contribution in [0.4, 0.5) is 9.52 Å². The van der Waals surface area contributed by atoms with E-state index in [1.165, 1.54) is 34.4 Å². The fourth-order valence-electron chi connectivity index (χ4n) is 3.34. The van der Waals surface area contributed by atoms with E-state index in [9.17, 15) is 14.0 Å². The van der Waals surface area contributed by atoms with Crippen LogP contribution in [0.1, 0.15) is 28.8 Å². The number of anilines is 1. The highest BCUT2D eigenvalue weighted by atomic mass is 32.1. The Bertz CT molecular complexity index is 1050. The molecule has 29 heavy (non-hydrogen) atoms. The molecule has 2 amide bonds. The van der Waals surface area contributed by atoms with Crippen molar-refractivity contribution < 1.29 is 14.0 Å². The van der Waals surface area contributed by atoms with Crippen LogP contribution in [0.3, 0.4) is 0 Å². The molecule has 2 aromatic carbocycles. The van der Waals surface area contributed by atoms with Crippen molar-refractivity contribution >= 4 is 28.3 Å². The standard InChI is InChI=1S/C21H19FN4O2S/c1-13-7-9-14(10-8-13)19-24-25-21(29-19)23-18(27)17-6-3-11-26(17)20(28)15-4-2-5-16(22)12-15/h2,4-5,7-10,12,17H,3,6,11H2,1H3,(H,23,25,27). The molecule has 6 nitrogen and oxygen atoms in total. The van der Waals surface area contributed by atoms with Gasteiger partial charge in [0, 0.05) is 17.7 Å². The number of benzene rings is 2. The van der Waals surface area contributed by atoms with Gasteiger partial charge < -0.3 is 4.90 Å². The second-order valence-corrected chi connectivity index (χ2v) is 7.91. The summed E-state index contributed by atoms with van der Waals surface area (Å²) in [5.74, 6) is -1.13. The molecule has 8 heteroatoms. The van der Waals surface area contributed by atoms with Gasteiger partial charge in [-0.3, -0.25) is 14.9 Å². The van der Waals surface area contributed by atoms with E-state index >= 15 is 0 Å². The molecule has 1 atom stereocenters. The number of amides is 2. The molecule has 0 radical (unpaired) electrons. The molecule has 1 N–H and O–H groups in total. The van der Waals surface area contributed by atoms with Crippen molar-refractivity contribution in [1.82, 2.24) is 15.1 Å². The van der Waals surface area contributed by atoms with Gasteiger partial charge in [0.25, 0.3) is 5.91 Å². The van der Waals surface area contributed by atoms with Crippen LogP contribution in [0, 0.1) is 12.7 Å². The number of carbonyl (C=O) groups is 2. The van der Waals surface area contributed by atoms with Gasteiger partial charge in [-0.05, 0) is 38.0 Å². The molecule has 4 rings (SSSR count). The topological polar surface area (TPSA) is 75.2 Å². The lowest BCUT2D eigenvalue weighted by Crippen LogP contribution is -2.43. The smallest absolute Gasteiger partial charge is 0.254 e. The monoisotopic (exact) mass is 410 g/mol. The minimum atomic E-state index is -0.613. The highest BCUT2D eigenvalue weighted by Gasteiger charge is 2.35. The molecule has 0 aliphatic carbocycles. The van der Waals surface area contributed by atoms with Crippen molar-refractivity contribution in [3.63, 3.8) is 0 Å². The van der Waals surface area contributed by atoms with E-state index in [-0.39, 0.29) is 17.4 Å². The zero-order valence-corrected chi connectivity index (χ0v) is 16.6. The maximum Gasteiger partial charge on any atom is 0.254 e. The molecule has 0 bridgehead atoms. The highest BCUT2D eigenvalue weighted by Crippen LogP contribution is 2.28. The van der Waals surface area contributed by atoms with Crippen molar-refractivity contribution in [3.8, 4) is 10.6 Å². The number of hydrogen-bond donors (Lipinski definition) is 1. The van der Waals surface area contributed by atoms with Crippen molar-refractivity contribution in [2.24, 2.45) is 0 Å². The maximum atomic E-state index is 13.5. The van der Waals surface area contributed by atoms with Gasteiger partial charge in [-0.1, -0.05) is 47.2 Å². The number of rotatable bonds is 4. The average molecular weight is 410 g/mol. The molecule has 1 fully saturated rings. The summed E-state index contributed by atoms with van der Waals surface area (Å²) in [7, 11) is 0. The molecule has 148 valence electrons. The summed E-state index contributed by atoms with van der Waals surface area (Å²) in [4.78, 5) is 27.0. The molecule has 1 unspecified atom stereocenters. The van der Waals surface area contributed by atoms with Crippen LogP contribution in [0.2, 0.25) is 0 Å². The molecule has 1 aliphatic rings. The summed E-state index contributed by atoms with van der Waals surface area (Å²) in [5, 5.41) is 12.1. The molecule has 2 heterocycles. The minimum Gasteiger partial charge on any atom is -0.327 e. The number of halogens is 1. The fourth-order valence-corrected chi connectivity index (χ4v) is 4.10. The summed E-state index contributed by atoms with van der Waals surface area (Å²) >= 11 is 1.28. The normalized spacial score (nSPS) is 16.1. The highest BCUT2D eigenvalue weighted by molar-refractivity contribution is 7.18. The van der Waals surface area contributed by atoms with Crippen molar-refractivity contribution in [3.05, 3.63) is 65.5 Å². The van der Waals surface area contributed by atoms with Crippen molar-refractivity contribution in [2.45, 2.75) is 25.8 Å². The Morgan fingerprint density at radius 3 is 2.72 bits per heavy atom. The van der Waals surface area contributed by atoms with Crippen LogP contribution in [-0.4, -0.2) is 39.5 Å². The van der Waals surface area contributed by atoms with Gasteiger partial charge in [0.15, 0.2) is 0 Å². The van der Waals surface area contributed by atoms with E-state index in [0.29, 0.717) is 29.5 Å². The summed E-state index contributed by atoms with van der Waals surface area (Å²) in [6, 6.07) is 12.8. The molecule has 1 saturated heterocycles. The first kappa shape index (κ1) is 19.2. The Hall–Kier alpha value is -3.13. The lowest BCUT2D eigenvalue weighted by molar-refractivity contribution is -0.119. The SMILES string of the molecule is Cc1ccc(-c2nnc(NC(=O)C3CCCN3C(=O)c3cccc(F)c3)s2)cc1. The van der Waals surface area contributed by atoms with E-state index in [1.807, 2.05) is 31.2 Å². The third kappa shape index (κ3) is 4.17. The number of aryl methyl sites for hydroxylation is 1. The Balaban J connectivity index is 1.46. The van der Waals surface area contributed by atoms with Crippen LogP contribution in [0.15, 0.2) is 48.5 Å². The zero-order valence-electron chi connectivity index (χ0n) is 15.8. The number of aromatic nitrogens is 2. The van der Waals surface area contributed by atoms with Crippen LogP contribution >= 0.6 is 11.3 Å². The van der Waals surface area contributed by atoms with Gasteiger partial charge in [0.1, 0.15) is 16.9 Å². The maximum absolute atomic E-state index is 13.5. The van der Waals surface area contributed by atoms with E-state index in [4.69, 9.17) is 0 Å². The lowest BCUT2D eigenvalue weighted by atomic mass is 10.1. The minimum absolute atomic E-state index is 0.238. The van der Waals surface area contributed by atoms with E-state index < -0.39 is 11.9 Å². The van der Waals surface area contributed by atoms with Crippen LogP contribution in [-0.2, 0) is 4.79 Å². The predicted octanol–water partition coefficient (Wildman–Crippen LogP) is 3.90. The van der Waals surface area contributed by atoms with E-state index in [0.717, 1.165) is 11.1 Å². The molecule has 1 aromatic heterocycles. The second kappa shape index (κ2) is 8.08. The molecular weight excluding hydrogens is 391 g/mol. The zero-order chi connectivity index (χ0) is 20.4.